The van der Waals surface area contributed by atoms with Crippen LogP contribution in [0.25, 0.3) is 11.5 Å². The van der Waals surface area contributed by atoms with Gasteiger partial charge in [-0.05, 0) is 29.8 Å². The van der Waals surface area contributed by atoms with Crippen molar-refractivity contribution >= 4 is 5.91 Å². The third kappa shape index (κ3) is 4.21. The lowest BCUT2D eigenvalue weighted by Gasteiger charge is -2.11. The zero-order chi connectivity index (χ0) is 19.4. The highest BCUT2D eigenvalue weighted by molar-refractivity contribution is 5.99. The van der Waals surface area contributed by atoms with E-state index in [0.717, 1.165) is 5.56 Å². The number of aromatic nitrogens is 2. The Morgan fingerprint density at radius 2 is 1.96 bits per heavy atom. The highest BCUT2D eigenvalue weighted by Crippen LogP contribution is 2.26. The lowest BCUT2D eigenvalue weighted by Crippen LogP contribution is -2.23. The van der Waals surface area contributed by atoms with Crippen LogP contribution in [0.4, 0.5) is 0 Å². The number of nitrogens with zero attached hydrogens (tertiary/aromatic N) is 3. The van der Waals surface area contributed by atoms with Crippen LogP contribution in [0.3, 0.4) is 0 Å². The second-order valence-corrected chi connectivity index (χ2v) is 7.21. The number of rotatable bonds is 4. The molecule has 0 fully saturated rings. The summed E-state index contributed by atoms with van der Waals surface area (Å²) in [7, 11) is 0. The lowest BCUT2D eigenvalue weighted by molar-refractivity contribution is 0.0951. The molecule has 1 aromatic heterocycles. The van der Waals surface area contributed by atoms with Crippen LogP contribution in [0, 0.1) is 11.3 Å². The first-order valence-electron chi connectivity index (χ1n) is 8.59. The maximum atomic E-state index is 12.7. The Balaban J connectivity index is 1.82. The molecule has 3 rings (SSSR count). The van der Waals surface area contributed by atoms with Gasteiger partial charge in [0.2, 0.25) is 0 Å². The van der Waals surface area contributed by atoms with Gasteiger partial charge in [-0.25, -0.2) is 0 Å². The first kappa shape index (κ1) is 18.3. The fourth-order valence-corrected chi connectivity index (χ4v) is 2.53. The summed E-state index contributed by atoms with van der Waals surface area (Å²) in [6.45, 7) is 6.31. The van der Waals surface area contributed by atoms with E-state index in [1.54, 1.807) is 36.4 Å². The molecule has 3 aromatic rings. The summed E-state index contributed by atoms with van der Waals surface area (Å²) in [4.78, 5) is 17.1. The summed E-state index contributed by atoms with van der Waals surface area (Å²) >= 11 is 0. The van der Waals surface area contributed by atoms with E-state index in [4.69, 9.17) is 9.78 Å². The number of nitrogens with one attached hydrogen (secondary N) is 1. The molecule has 1 heterocycles. The average molecular weight is 360 g/mol. The van der Waals surface area contributed by atoms with Crippen molar-refractivity contribution in [1.29, 1.82) is 5.26 Å². The van der Waals surface area contributed by atoms with E-state index >= 15 is 0 Å². The lowest BCUT2D eigenvalue weighted by atomic mass is 9.96. The maximum Gasteiger partial charge on any atom is 0.258 e. The van der Waals surface area contributed by atoms with Gasteiger partial charge in [0.1, 0.15) is 0 Å². The Kier molecular flexibility index (Phi) is 5.04. The molecule has 0 aliphatic heterocycles. The molecule has 0 atom stereocenters. The Morgan fingerprint density at radius 1 is 1.19 bits per heavy atom. The van der Waals surface area contributed by atoms with Crippen molar-refractivity contribution in [2.24, 2.45) is 0 Å². The molecule has 0 bridgehead atoms. The highest BCUT2D eigenvalue weighted by atomic mass is 16.5. The molecule has 136 valence electrons. The van der Waals surface area contributed by atoms with Crippen LogP contribution < -0.4 is 5.32 Å². The van der Waals surface area contributed by atoms with Gasteiger partial charge in [-0.15, -0.1) is 0 Å². The minimum atomic E-state index is -0.247. The smallest absolute Gasteiger partial charge is 0.258 e. The van der Waals surface area contributed by atoms with Crippen molar-refractivity contribution in [1.82, 2.24) is 15.5 Å². The van der Waals surface area contributed by atoms with Gasteiger partial charge in [-0.1, -0.05) is 50.2 Å². The monoisotopic (exact) mass is 360 g/mol. The Morgan fingerprint density at radius 3 is 2.67 bits per heavy atom. The Hall–Kier alpha value is -3.46. The van der Waals surface area contributed by atoms with Gasteiger partial charge in [0.15, 0.2) is 5.82 Å². The zero-order valence-electron chi connectivity index (χ0n) is 15.5. The molecular weight excluding hydrogens is 340 g/mol. The summed E-state index contributed by atoms with van der Waals surface area (Å²) < 4.78 is 5.38. The van der Waals surface area contributed by atoms with Gasteiger partial charge in [-0.2, -0.15) is 10.2 Å². The predicted octanol–water partition coefficient (Wildman–Crippen LogP) is 3.84. The number of carbonyl (C=O) groups excluding carboxylic acids is 1. The van der Waals surface area contributed by atoms with Gasteiger partial charge in [0.05, 0.1) is 22.8 Å². The molecule has 1 N–H and O–H groups in total. The van der Waals surface area contributed by atoms with Crippen LogP contribution in [0.15, 0.2) is 53.1 Å². The molecule has 1 amide bonds. The van der Waals surface area contributed by atoms with Crippen LogP contribution in [-0.2, 0) is 12.0 Å². The van der Waals surface area contributed by atoms with E-state index in [-0.39, 0.29) is 11.3 Å². The van der Waals surface area contributed by atoms with E-state index in [9.17, 15) is 4.79 Å². The van der Waals surface area contributed by atoms with Gasteiger partial charge < -0.3 is 9.84 Å². The van der Waals surface area contributed by atoms with Crippen LogP contribution in [0.2, 0.25) is 0 Å². The molecule has 0 unspecified atom stereocenters. The van der Waals surface area contributed by atoms with Crippen molar-refractivity contribution in [3.05, 3.63) is 71.0 Å². The molecule has 0 saturated heterocycles. The minimum absolute atomic E-state index is 0.245. The molecule has 6 heteroatoms. The average Bonchev–Trinajstić information content (AvgIpc) is 3.17. The van der Waals surface area contributed by atoms with Gasteiger partial charge in [-0.3, -0.25) is 4.79 Å². The van der Waals surface area contributed by atoms with Crippen LogP contribution in [-0.4, -0.2) is 16.0 Å². The van der Waals surface area contributed by atoms with E-state index < -0.39 is 0 Å². The van der Waals surface area contributed by atoms with Crippen LogP contribution in [0.1, 0.15) is 48.1 Å². The third-order valence-corrected chi connectivity index (χ3v) is 4.01. The Labute approximate surface area is 157 Å². The summed E-state index contributed by atoms with van der Waals surface area (Å²) in [5.74, 6) is 0.654. The number of carbonyl (C=O) groups is 1. The first-order chi connectivity index (χ1) is 12.9. The standard InChI is InChI=1S/C21H20N4O2/c1-21(2,3)20-24-19(27-25-20)17-10-5-4-9-16(17)18(26)23-13-15-8-6-7-14(11-15)12-22/h4-11H,13H2,1-3H3,(H,23,26). The maximum absolute atomic E-state index is 12.7. The summed E-state index contributed by atoms with van der Waals surface area (Å²) in [5, 5.41) is 15.9. The first-order valence-corrected chi connectivity index (χ1v) is 8.59. The van der Waals surface area contributed by atoms with Gasteiger partial charge in [0, 0.05) is 12.0 Å². The van der Waals surface area contributed by atoms with Crippen molar-refractivity contribution < 1.29 is 9.32 Å². The largest absolute Gasteiger partial charge is 0.348 e. The molecule has 27 heavy (non-hydrogen) atoms. The van der Waals surface area contributed by atoms with Crippen molar-refractivity contribution in [3.8, 4) is 17.5 Å². The molecular formula is C21H20N4O2. The van der Waals surface area contributed by atoms with E-state index in [1.807, 2.05) is 32.9 Å². The van der Waals surface area contributed by atoms with Gasteiger partial charge >= 0.3 is 0 Å². The predicted molar refractivity (Wildman–Crippen MR) is 101 cm³/mol. The third-order valence-electron chi connectivity index (χ3n) is 4.01. The fraction of sp³-hybridized carbons (Fsp3) is 0.238. The minimum Gasteiger partial charge on any atom is -0.348 e. The SMILES string of the molecule is CC(C)(C)c1noc(-c2ccccc2C(=O)NCc2cccc(C#N)c2)n1. The van der Waals surface area contributed by atoms with Gasteiger partial charge in [0.25, 0.3) is 11.8 Å². The Bertz CT molecular complexity index is 1010. The molecule has 2 aromatic carbocycles. The number of benzene rings is 2. The summed E-state index contributed by atoms with van der Waals surface area (Å²) in [5.41, 5.74) is 2.21. The molecule has 0 saturated carbocycles. The number of nitriles is 1. The van der Waals surface area contributed by atoms with Crippen LogP contribution in [0.5, 0.6) is 0 Å². The topological polar surface area (TPSA) is 91.8 Å². The fourth-order valence-electron chi connectivity index (χ4n) is 2.53. The van der Waals surface area contributed by atoms with Crippen LogP contribution >= 0.6 is 0 Å². The second kappa shape index (κ2) is 7.42. The molecule has 0 aliphatic carbocycles. The number of hydrogen-bond donors (Lipinski definition) is 1. The molecule has 0 spiro atoms. The number of hydrogen-bond acceptors (Lipinski definition) is 5. The molecule has 0 radical (unpaired) electrons. The molecule has 6 nitrogen and oxygen atoms in total. The van der Waals surface area contributed by atoms with E-state index in [0.29, 0.717) is 35.0 Å². The summed E-state index contributed by atoms with van der Waals surface area (Å²) in [6, 6.07) is 16.3. The summed E-state index contributed by atoms with van der Waals surface area (Å²) in [6.07, 6.45) is 0. The van der Waals surface area contributed by atoms with Crippen molar-refractivity contribution in [3.63, 3.8) is 0 Å². The second-order valence-electron chi connectivity index (χ2n) is 7.21. The quantitative estimate of drug-likeness (QED) is 0.763. The number of amides is 1. The van der Waals surface area contributed by atoms with Crippen molar-refractivity contribution in [2.45, 2.75) is 32.7 Å². The van der Waals surface area contributed by atoms with E-state index in [2.05, 4.69) is 21.5 Å². The zero-order valence-corrected chi connectivity index (χ0v) is 15.5. The molecule has 0 aliphatic rings. The normalized spacial score (nSPS) is 11.0. The van der Waals surface area contributed by atoms with Crippen molar-refractivity contribution in [2.75, 3.05) is 0 Å². The van der Waals surface area contributed by atoms with E-state index in [1.165, 1.54) is 0 Å². The highest BCUT2D eigenvalue weighted by Gasteiger charge is 2.23.